The lowest BCUT2D eigenvalue weighted by Crippen LogP contribution is -2.20. The highest BCUT2D eigenvalue weighted by molar-refractivity contribution is 6.33. The summed E-state index contributed by atoms with van der Waals surface area (Å²) in [7, 11) is 4.02. The van der Waals surface area contributed by atoms with Crippen molar-refractivity contribution in [2.75, 3.05) is 26.0 Å². The van der Waals surface area contributed by atoms with E-state index >= 15 is 0 Å². The van der Waals surface area contributed by atoms with Crippen molar-refractivity contribution in [2.24, 2.45) is 0 Å². The van der Waals surface area contributed by atoms with Crippen molar-refractivity contribution in [1.82, 2.24) is 9.47 Å². The Balaban J connectivity index is 2.23. The third-order valence-corrected chi connectivity index (χ3v) is 4.10. The topological polar surface area (TPSA) is 37.3 Å². The standard InChI is InChI=1S/C17H21ClFN3O/c1-11-9-14(12(2)22(11)8-7-21(3)4)17(23)20-16-10-13(19)5-6-15(16)18/h5-6,9-10H,7-8H2,1-4H3,(H,20,23). The zero-order valence-corrected chi connectivity index (χ0v) is 14.5. The van der Waals surface area contributed by atoms with E-state index in [9.17, 15) is 9.18 Å². The maximum atomic E-state index is 13.3. The molecule has 0 bridgehead atoms. The van der Waals surface area contributed by atoms with E-state index in [-0.39, 0.29) is 11.6 Å². The van der Waals surface area contributed by atoms with Crippen molar-refractivity contribution in [2.45, 2.75) is 20.4 Å². The minimum Gasteiger partial charge on any atom is -0.347 e. The number of aryl methyl sites for hydroxylation is 1. The first-order valence-corrected chi connectivity index (χ1v) is 7.75. The summed E-state index contributed by atoms with van der Waals surface area (Å²) in [4.78, 5) is 14.6. The summed E-state index contributed by atoms with van der Waals surface area (Å²) in [5.41, 5.74) is 2.74. The normalized spacial score (nSPS) is 11.1. The molecule has 0 fully saturated rings. The second kappa shape index (κ2) is 7.15. The molecule has 2 rings (SSSR count). The van der Waals surface area contributed by atoms with Crippen LogP contribution in [0.1, 0.15) is 21.7 Å². The minimum atomic E-state index is -0.443. The molecule has 1 amide bonds. The minimum absolute atomic E-state index is 0.273. The first-order valence-electron chi connectivity index (χ1n) is 7.37. The molecule has 1 heterocycles. The van der Waals surface area contributed by atoms with Crippen LogP contribution >= 0.6 is 11.6 Å². The fourth-order valence-corrected chi connectivity index (χ4v) is 2.62. The smallest absolute Gasteiger partial charge is 0.257 e. The van der Waals surface area contributed by atoms with Gasteiger partial charge in [-0.05, 0) is 52.2 Å². The van der Waals surface area contributed by atoms with Crippen LogP contribution in [0, 0.1) is 19.7 Å². The van der Waals surface area contributed by atoms with E-state index in [0.717, 1.165) is 24.5 Å². The van der Waals surface area contributed by atoms with Crippen molar-refractivity contribution < 1.29 is 9.18 Å². The lowest BCUT2D eigenvalue weighted by atomic mass is 10.2. The second-order valence-corrected chi connectivity index (χ2v) is 6.23. The van der Waals surface area contributed by atoms with Gasteiger partial charge in [-0.1, -0.05) is 11.6 Å². The Labute approximate surface area is 140 Å². The van der Waals surface area contributed by atoms with Crippen LogP contribution < -0.4 is 5.32 Å². The molecule has 0 radical (unpaired) electrons. The zero-order chi connectivity index (χ0) is 17.1. The molecule has 0 saturated heterocycles. The monoisotopic (exact) mass is 337 g/mol. The van der Waals surface area contributed by atoms with Gasteiger partial charge in [-0.2, -0.15) is 0 Å². The number of hydrogen-bond acceptors (Lipinski definition) is 2. The highest BCUT2D eigenvalue weighted by Gasteiger charge is 2.17. The van der Waals surface area contributed by atoms with Gasteiger partial charge in [0.25, 0.3) is 5.91 Å². The van der Waals surface area contributed by atoms with E-state index in [1.165, 1.54) is 18.2 Å². The van der Waals surface area contributed by atoms with Crippen LogP contribution in [0.3, 0.4) is 0 Å². The number of anilines is 1. The van der Waals surface area contributed by atoms with Crippen molar-refractivity contribution >= 4 is 23.2 Å². The summed E-state index contributed by atoms with van der Waals surface area (Å²) < 4.78 is 15.4. The van der Waals surface area contributed by atoms with Gasteiger partial charge in [0.1, 0.15) is 5.82 Å². The molecule has 0 aliphatic heterocycles. The Kier molecular flexibility index (Phi) is 5.44. The number of amides is 1. The number of benzene rings is 1. The number of likely N-dealkylation sites (N-methyl/N-ethyl adjacent to an activating group) is 1. The second-order valence-electron chi connectivity index (χ2n) is 5.82. The zero-order valence-electron chi connectivity index (χ0n) is 13.8. The average molecular weight is 338 g/mol. The van der Waals surface area contributed by atoms with Crippen LogP contribution in [-0.4, -0.2) is 36.0 Å². The van der Waals surface area contributed by atoms with Crippen LogP contribution in [0.2, 0.25) is 5.02 Å². The molecule has 124 valence electrons. The number of rotatable bonds is 5. The van der Waals surface area contributed by atoms with Gasteiger partial charge < -0.3 is 14.8 Å². The lowest BCUT2D eigenvalue weighted by Gasteiger charge is -2.14. The quantitative estimate of drug-likeness (QED) is 0.903. The van der Waals surface area contributed by atoms with Crippen LogP contribution in [0.25, 0.3) is 0 Å². The van der Waals surface area contributed by atoms with Gasteiger partial charge in [-0.25, -0.2) is 4.39 Å². The molecular formula is C17H21ClFN3O. The Morgan fingerprint density at radius 2 is 2.00 bits per heavy atom. The summed E-state index contributed by atoms with van der Waals surface area (Å²) in [5, 5.41) is 2.99. The maximum absolute atomic E-state index is 13.3. The molecule has 1 aromatic heterocycles. The van der Waals surface area contributed by atoms with E-state index in [0.29, 0.717) is 10.6 Å². The van der Waals surface area contributed by atoms with Crippen molar-refractivity contribution in [3.63, 3.8) is 0 Å². The molecule has 0 unspecified atom stereocenters. The summed E-state index contributed by atoms with van der Waals surface area (Å²) in [6.07, 6.45) is 0. The van der Waals surface area contributed by atoms with Gasteiger partial charge in [0, 0.05) is 24.5 Å². The average Bonchev–Trinajstić information content (AvgIpc) is 2.75. The predicted octanol–water partition coefficient (Wildman–Crippen LogP) is 3.71. The lowest BCUT2D eigenvalue weighted by molar-refractivity contribution is 0.102. The van der Waals surface area contributed by atoms with Gasteiger partial charge >= 0.3 is 0 Å². The first kappa shape index (κ1) is 17.5. The number of aromatic nitrogens is 1. The first-order chi connectivity index (χ1) is 10.8. The van der Waals surface area contributed by atoms with Gasteiger partial charge in [0.15, 0.2) is 0 Å². The number of hydrogen-bond donors (Lipinski definition) is 1. The molecule has 4 nitrogen and oxygen atoms in total. The van der Waals surface area contributed by atoms with E-state index in [1.54, 1.807) is 0 Å². The summed E-state index contributed by atoms with van der Waals surface area (Å²) in [6.45, 7) is 5.56. The summed E-state index contributed by atoms with van der Waals surface area (Å²) in [5.74, 6) is -0.733. The fourth-order valence-electron chi connectivity index (χ4n) is 2.46. The maximum Gasteiger partial charge on any atom is 0.257 e. The largest absolute Gasteiger partial charge is 0.347 e. The van der Waals surface area contributed by atoms with Crippen LogP contribution in [0.4, 0.5) is 10.1 Å². The SMILES string of the molecule is Cc1cc(C(=O)Nc2cc(F)ccc2Cl)c(C)n1CCN(C)C. The van der Waals surface area contributed by atoms with Gasteiger partial charge in [0.05, 0.1) is 16.3 Å². The molecule has 0 aliphatic rings. The number of nitrogens with one attached hydrogen (secondary N) is 1. The highest BCUT2D eigenvalue weighted by Crippen LogP contribution is 2.24. The van der Waals surface area contributed by atoms with Gasteiger partial charge in [-0.15, -0.1) is 0 Å². The Morgan fingerprint density at radius 3 is 2.65 bits per heavy atom. The van der Waals surface area contributed by atoms with Crippen molar-refractivity contribution in [3.8, 4) is 0 Å². The molecule has 0 saturated carbocycles. The molecule has 6 heteroatoms. The Bertz CT molecular complexity index is 725. The molecule has 1 N–H and O–H groups in total. The molecule has 1 aromatic carbocycles. The molecular weight excluding hydrogens is 317 g/mol. The van der Waals surface area contributed by atoms with E-state index in [4.69, 9.17) is 11.6 Å². The third kappa shape index (κ3) is 4.12. The number of halogens is 2. The fraction of sp³-hybridized carbons (Fsp3) is 0.353. The molecule has 0 aliphatic carbocycles. The number of carbonyl (C=O) groups excluding carboxylic acids is 1. The van der Waals surface area contributed by atoms with Crippen LogP contribution in [0.5, 0.6) is 0 Å². The Morgan fingerprint density at radius 1 is 1.30 bits per heavy atom. The van der Waals surface area contributed by atoms with E-state index in [2.05, 4.69) is 14.8 Å². The summed E-state index contributed by atoms with van der Waals surface area (Å²) >= 11 is 6.00. The molecule has 23 heavy (non-hydrogen) atoms. The van der Waals surface area contributed by atoms with Gasteiger partial charge in [0.2, 0.25) is 0 Å². The molecule has 0 spiro atoms. The van der Waals surface area contributed by atoms with Crippen LogP contribution in [0.15, 0.2) is 24.3 Å². The van der Waals surface area contributed by atoms with Crippen molar-refractivity contribution in [1.29, 1.82) is 0 Å². The third-order valence-electron chi connectivity index (χ3n) is 3.77. The highest BCUT2D eigenvalue weighted by atomic mass is 35.5. The van der Waals surface area contributed by atoms with Gasteiger partial charge in [-0.3, -0.25) is 4.79 Å². The number of nitrogens with zero attached hydrogens (tertiary/aromatic N) is 2. The van der Waals surface area contributed by atoms with E-state index < -0.39 is 5.82 Å². The molecule has 0 atom stereocenters. The van der Waals surface area contributed by atoms with Crippen LogP contribution in [-0.2, 0) is 6.54 Å². The Hall–Kier alpha value is -1.85. The predicted molar refractivity (Wildman–Crippen MR) is 91.8 cm³/mol. The van der Waals surface area contributed by atoms with E-state index in [1.807, 2.05) is 34.0 Å². The summed E-state index contributed by atoms with van der Waals surface area (Å²) in [6, 6.07) is 5.73. The van der Waals surface area contributed by atoms with Crippen molar-refractivity contribution in [3.05, 3.63) is 52.1 Å². The molecule has 2 aromatic rings. The number of carbonyl (C=O) groups is 1.